The molecule has 2 aromatic rings. The number of rotatable bonds is 3. The molecule has 0 aliphatic heterocycles. The SMILES string of the molecule is Clc1ccccc1-n1c(C2CC2)nnc1C12CC3CC(CC(C3)C1)C2. The van der Waals surface area contributed by atoms with Gasteiger partial charge in [-0.2, -0.15) is 0 Å². The van der Waals surface area contributed by atoms with Crippen LogP contribution in [0.5, 0.6) is 0 Å². The summed E-state index contributed by atoms with van der Waals surface area (Å²) in [6.45, 7) is 0. The molecule has 130 valence electrons. The summed E-state index contributed by atoms with van der Waals surface area (Å²) in [5.74, 6) is 5.68. The van der Waals surface area contributed by atoms with Gasteiger partial charge in [-0.15, -0.1) is 10.2 Å². The number of aromatic nitrogens is 3. The first-order valence-corrected chi connectivity index (χ1v) is 10.3. The Morgan fingerprint density at radius 1 is 0.920 bits per heavy atom. The van der Waals surface area contributed by atoms with E-state index in [9.17, 15) is 0 Å². The Bertz CT molecular complexity index is 800. The average Bonchev–Trinajstić information content (AvgIpc) is 3.32. The van der Waals surface area contributed by atoms with Crippen LogP contribution in [0.1, 0.15) is 68.9 Å². The Balaban J connectivity index is 1.54. The first kappa shape index (κ1) is 14.8. The zero-order valence-electron chi connectivity index (χ0n) is 14.5. The van der Waals surface area contributed by atoms with E-state index in [1.54, 1.807) is 0 Å². The van der Waals surface area contributed by atoms with Crippen LogP contribution in [-0.2, 0) is 5.41 Å². The van der Waals surface area contributed by atoms with Gasteiger partial charge in [0.05, 0.1) is 10.7 Å². The third-order valence-corrected chi connectivity index (χ3v) is 7.56. The van der Waals surface area contributed by atoms with Crippen molar-refractivity contribution in [3.05, 3.63) is 40.9 Å². The summed E-state index contributed by atoms with van der Waals surface area (Å²) >= 11 is 6.62. The zero-order valence-corrected chi connectivity index (χ0v) is 15.3. The molecular weight excluding hydrogens is 330 g/mol. The molecule has 0 unspecified atom stereocenters. The fourth-order valence-electron chi connectivity index (χ4n) is 6.50. The molecule has 1 heterocycles. The topological polar surface area (TPSA) is 30.7 Å². The lowest BCUT2D eigenvalue weighted by Crippen LogP contribution is -2.49. The number of hydrogen-bond acceptors (Lipinski definition) is 2. The van der Waals surface area contributed by atoms with Crippen molar-refractivity contribution in [2.75, 3.05) is 0 Å². The van der Waals surface area contributed by atoms with Gasteiger partial charge in [-0.05, 0) is 81.3 Å². The van der Waals surface area contributed by atoms with E-state index in [0.29, 0.717) is 5.92 Å². The molecule has 5 saturated carbocycles. The van der Waals surface area contributed by atoms with E-state index in [0.717, 1.165) is 34.3 Å². The van der Waals surface area contributed by atoms with Gasteiger partial charge in [0.2, 0.25) is 0 Å². The van der Waals surface area contributed by atoms with Crippen molar-refractivity contribution in [1.82, 2.24) is 14.8 Å². The second kappa shape index (κ2) is 5.09. The number of nitrogens with zero attached hydrogens (tertiary/aromatic N) is 3. The maximum absolute atomic E-state index is 6.62. The highest BCUT2D eigenvalue weighted by Gasteiger charge is 2.54. The lowest BCUT2D eigenvalue weighted by Gasteiger charge is -2.56. The van der Waals surface area contributed by atoms with Crippen LogP contribution in [0.25, 0.3) is 5.69 Å². The molecule has 5 aliphatic carbocycles. The van der Waals surface area contributed by atoms with E-state index in [4.69, 9.17) is 21.8 Å². The summed E-state index contributed by atoms with van der Waals surface area (Å²) in [7, 11) is 0. The fraction of sp³-hybridized carbons (Fsp3) is 0.619. The second-order valence-electron chi connectivity index (χ2n) is 9.14. The van der Waals surface area contributed by atoms with Crippen LogP contribution in [0.15, 0.2) is 24.3 Å². The standard InChI is InChI=1S/C21H24ClN3/c22-17-3-1-2-4-18(17)25-19(16-5-6-16)23-24-20(25)21-10-13-7-14(11-21)9-15(8-13)12-21/h1-4,13-16H,5-12H2. The van der Waals surface area contributed by atoms with E-state index < -0.39 is 0 Å². The van der Waals surface area contributed by atoms with Gasteiger partial charge >= 0.3 is 0 Å². The normalized spacial score (nSPS) is 36.1. The van der Waals surface area contributed by atoms with E-state index in [-0.39, 0.29) is 5.41 Å². The number of para-hydroxylation sites is 1. The molecule has 0 amide bonds. The van der Waals surface area contributed by atoms with E-state index >= 15 is 0 Å². The maximum atomic E-state index is 6.62. The van der Waals surface area contributed by atoms with Crippen LogP contribution in [0.4, 0.5) is 0 Å². The molecule has 5 aliphatic rings. The highest BCUT2D eigenvalue weighted by molar-refractivity contribution is 6.32. The van der Waals surface area contributed by atoms with Crippen LogP contribution < -0.4 is 0 Å². The minimum Gasteiger partial charge on any atom is -0.281 e. The Morgan fingerprint density at radius 3 is 2.16 bits per heavy atom. The molecule has 0 spiro atoms. The van der Waals surface area contributed by atoms with Gasteiger partial charge in [0, 0.05) is 11.3 Å². The predicted molar refractivity (Wildman–Crippen MR) is 98.2 cm³/mol. The molecular formula is C21H24ClN3. The minimum atomic E-state index is 0.244. The van der Waals surface area contributed by atoms with Gasteiger partial charge in [0.25, 0.3) is 0 Å². The Kier molecular flexibility index (Phi) is 3.01. The molecule has 4 heteroatoms. The molecule has 0 atom stereocenters. The predicted octanol–water partition coefficient (Wildman–Crippen LogP) is 5.27. The third-order valence-electron chi connectivity index (χ3n) is 7.24. The largest absolute Gasteiger partial charge is 0.281 e. The number of halogens is 1. The molecule has 7 rings (SSSR count). The first-order chi connectivity index (χ1) is 12.2. The van der Waals surface area contributed by atoms with E-state index in [1.807, 2.05) is 12.1 Å². The molecule has 0 radical (unpaired) electrons. The van der Waals surface area contributed by atoms with Gasteiger partial charge in [-0.1, -0.05) is 23.7 Å². The number of benzene rings is 1. The second-order valence-corrected chi connectivity index (χ2v) is 9.55. The maximum Gasteiger partial charge on any atom is 0.143 e. The van der Waals surface area contributed by atoms with Crippen LogP contribution in [0.2, 0.25) is 5.02 Å². The lowest BCUT2D eigenvalue weighted by molar-refractivity contribution is -0.0102. The zero-order chi connectivity index (χ0) is 16.6. The van der Waals surface area contributed by atoms with Gasteiger partial charge in [-0.3, -0.25) is 4.57 Å². The van der Waals surface area contributed by atoms with Crippen LogP contribution in [0, 0.1) is 17.8 Å². The summed E-state index contributed by atoms with van der Waals surface area (Å²) < 4.78 is 2.37. The lowest BCUT2D eigenvalue weighted by atomic mass is 9.49. The van der Waals surface area contributed by atoms with E-state index in [1.165, 1.54) is 57.2 Å². The monoisotopic (exact) mass is 353 g/mol. The third kappa shape index (κ3) is 2.17. The van der Waals surface area contributed by atoms with Crippen molar-refractivity contribution in [1.29, 1.82) is 0 Å². The molecule has 1 aromatic heterocycles. The smallest absolute Gasteiger partial charge is 0.143 e. The van der Waals surface area contributed by atoms with E-state index in [2.05, 4.69) is 16.7 Å². The summed E-state index contributed by atoms with van der Waals surface area (Å²) in [6.07, 6.45) is 10.8. The van der Waals surface area contributed by atoms with Gasteiger partial charge in [0.1, 0.15) is 11.6 Å². The highest BCUT2D eigenvalue weighted by atomic mass is 35.5. The highest BCUT2D eigenvalue weighted by Crippen LogP contribution is 2.61. The fourth-order valence-corrected chi connectivity index (χ4v) is 6.72. The van der Waals surface area contributed by atoms with Crippen LogP contribution in [-0.4, -0.2) is 14.8 Å². The van der Waals surface area contributed by atoms with Crippen molar-refractivity contribution < 1.29 is 0 Å². The molecule has 0 N–H and O–H groups in total. The molecule has 5 fully saturated rings. The van der Waals surface area contributed by atoms with Crippen molar-refractivity contribution in [2.24, 2.45) is 17.8 Å². The first-order valence-electron chi connectivity index (χ1n) is 9.92. The van der Waals surface area contributed by atoms with Crippen molar-refractivity contribution in [2.45, 2.75) is 62.7 Å². The van der Waals surface area contributed by atoms with Crippen LogP contribution in [0.3, 0.4) is 0 Å². The van der Waals surface area contributed by atoms with Crippen LogP contribution >= 0.6 is 11.6 Å². The molecule has 4 bridgehead atoms. The molecule has 0 saturated heterocycles. The Hall–Kier alpha value is -1.35. The summed E-state index contributed by atoms with van der Waals surface area (Å²) in [5, 5.41) is 10.4. The van der Waals surface area contributed by atoms with Gasteiger partial charge in [-0.25, -0.2) is 0 Å². The molecule has 3 nitrogen and oxygen atoms in total. The minimum absolute atomic E-state index is 0.244. The van der Waals surface area contributed by atoms with Crippen molar-refractivity contribution in [3.8, 4) is 5.69 Å². The Morgan fingerprint density at radius 2 is 1.56 bits per heavy atom. The number of hydrogen-bond donors (Lipinski definition) is 0. The van der Waals surface area contributed by atoms with Crippen molar-refractivity contribution in [3.63, 3.8) is 0 Å². The average molecular weight is 354 g/mol. The van der Waals surface area contributed by atoms with Gasteiger partial charge < -0.3 is 0 Å². The summed E-state index contributed by atoms with van der Waals surface area (Å²) in [6, 6.07) is 8.23. The molecule has 1 aromatic carbocycles. The quantitative estimate of drug-likeness (QED) is 0.752. The summed E-state index contributed by atoms with van der Waals surface area (Å²) in [4.78, 5) is 0. The summed E-state index contributed by atoms with van der Waals surface area (Å²) in [5.41, 5.74) is 1.33. The Labute approximate surface area is 153 Å². The molecule has 25 heavy (non-hydrogen) atoms. The van der Waals surface area contributed by atoms with Gasteiger partial charge in [0.15, 0.2) is 0 Å². The van der Waals surface area contributed by atoms with Crippen molar-refractivity contribution >= 4 is 11.6 Å².